The third kappa shape index (κ3) is 2.83. The van der Waals surface area contributed by atoms with Crippen molar-refractivity contribution in [2.45, 2.75) is 39.7 Å². The molecule has 0 bridgehead atoms. The van der Waals surface area contributed by atoms with Gasteiger partial charge in [-0.15, -0.1) is 0 Å². The minimum Gasteiger partial charge on any atom is -0.341 e. The molecule has 2 heterocycles. The number of amides is 1. The third-order valence-corrected chi connectivity index (χ3v) is 4.30. The molecule has 2 aromatic heterocycles. The van der Waals surface area contributed by atoms with Crippen LogP contribution in [0.1, 0.15) is 49.3 Å². The second kappa shape index (κ2) is 6.43. The van der Waals surface area contributed by atoms with Crippen molar-refractivity contribution in [3.05, 3.63) is 25.7 Å². The average Bonchev–Trinajstić information content (AvgIpc) is 2.87. The van der Waals surface area contributed by atoms with Crippen molar-refractivity contribution >= 4 is 28.5 Å². The van der Waals surface area contributed by atoms with E-state index in [1.165, 1.54) is 0 Å². The molecule has 0 radical (unpaired) electrons. The zero-order chi connectivity index (χ0) is 16.4. The maximum atomic E-state index is 12.4. The van der Waals surface area contributed by atoms with Crippen molar-refractivity contribution in [1.29, 1.82) is 0 Å². The number of rotatable bonds is 5. The van der Waals surface area contributed by atoms with Crippen LogP contribution in [-0.4, -0.2) is 38.3 Å². The van der Waals surface area contributed by atoms with E-state index in [1.807, 2.05) is 6.92 Å². The molecule has 0 spiro atoms. The van der Waals surface area contributed by atoms with Crippen molar-refractivity contribution in [3.63, 3.8) is 0 Å². The predicted molar refractivity (Wildman–Crippen MR) is 86.8 cm³/mol. The number of nitrogens with zero attached hydrogens (tertiary/aromatic N) is 3. The lowest BCUT2D eigenvalue weighted by Crippen LogP contribution is -2.36. The van der Waals surface area contributed by atoms with E-state index in [-0.39, 0.29) is 23.0 Å². The van der Waals surface area contributed by atoms with E-state index in [4.69, 9.17) is 0 Å². The molecule has 0 aliphatic rings. The lowest BCUT2D eigenvalue weighted by Gasteiger charge is -2.15. The first-order chi connectivity index (χ1) is 10.4. The van der Waals surface area contributed by atoms with E-state index in [1.54, 1.807) is 25.8 Å². The number of nitrogens with one attached hydrogen (secondary N) is 1. The highest BCUT2D eigenvalue weighted by Crippen LogP contribution is 2.19. The highest BCUT2D eigenvalue weighted by molar-refractivity contribution is 7.09. The van der Waals surface area contributed by atoms with Gasteiger partial charge in [-0.1, -0.05) is 13.3 Å². The summed E-state index contributed by atoms with van der Waals surface area (Å²) in [6, 6.07) is -0.270. The Morgan fingerprint density at radius 3 is 2.68 bits per heavy atom. The fourth-order valence-corrected chi connectivity index (χ4v) is 3.04. The number of hydrogen-bond donors (Lipinski definition) is 1. The Morgan fingerprint density at radius 2 is 2.09 bits per heavy atom. The van der Waals surface area contributed by atoms with Crippen LogP contribution in [-0.2, 0) is 0 Å². The molecule has 120 valence electrons. The molecule has 2 rings (SSSR count). The lowest BCUT2D eigenvalue weighted by molar-refractivity contribution is 0.0799. The van der Waals surface area contributed by atoms with Gasteiger partial charge in [-0.3, -0.25) is 14.2 Å². The van der Waals surface area contributed by atoms with Crippen LogP contribution in [0.2, 0.25) is 0 Å². The molecule has 0 aliphatic heterocycles. The monoisotopic (exact) mass is 324 g/mol. The maximum absolute atomic E-state index is 12.4. The Morgan fingerprint density at radius 1 is 1.41 bits per heavy atom. The molecular formula is C14H20N4O3S. The Labute approximate surface area is 131 Å². The van der Waals surface area contributed by atoms with Crippen LogP contribution < -0.4 is 11.2 Å². The van der Waals surface area contributed by atoms with Crippen molar-refractivity contribution in [1.82, 2.24) is 18.8 Å². The highest BCUT2D eigenvalue weighted by atomic mass is 32.1. The quantitative estimate of drug-likeness (QED) is 0.905. The van der Waals surface area contributed by atoms with Crippen LogP contribution in [0, 0.1) is 0 Å². The van der Waals surface area contributed by atoms with Gasteiger partial charge in [-0.05, 0) is 31.8 Å². The highest BCUT2D eigenvalue weighted by Gasteiger charge is 2.22. The van der Waals surface area contributed by atoms with Gasteiger partial charge >= 0.3 is 5.69 Å². The summed E-state index contributed by atoms with van der Waals surface area (Å²) in [7, 11) is 1.71. The first-order valence-corrected chi connectivity index (χ1v) is 8.05. The number of H-pyrrole nitrogens is 1. The summed E-state index contributed by atoms with van der Waals surface area (Å²) in [5, 5.41) is 0. The zero-order valence-electron chi connectivity index (χ0n) is 13.2. The number of aromatic nitrogens is 3. The second-order valence-corrected chi connectivity index (χ2v) is 6.29. The smallest absolute Gasteiger partial charge is 0.329 e. The lowest BCUT2D eigenvalue weighted by atomic mass is 10.3. The third-order valence-electron chi connectivity index (χ3n) is 3.47. The standard InChI is InChI=1S/C14H20N4O3S/c1-5-6-7-17(4)13(20)11-9-10(16-22-11)12(19)18(8(2)3)14(21)15-9/h8H,5-7H2,1-4H3,(H,15,21). The average molecular weight is 324 g/mol. The van der Waals surface area contributed by atoms with Crippen molar-refractivity contribution in [2.75, 3.05) is 13.6 Å². The number of hydrogen-bond acceptors (Lipinski definition) is 5. The zero-order valence-corrected chi connectivity index (χ0v) is 14.0. The Bertz CT molecular complexity index is 803. The van der Waals surface area contributed by atoms with Gasteiger partial charge in [0.2, 0.25) is 0 Å². The molecule has 1 amide bonds. The summed E-state index contributed by atoms with van der Waals surface area (Å²) in [6.45, 7) is 6.17. The van der Waals surface area contributed by atoms with Gasteiger partial charge in [-0.2, -0.15) is 4.37 Å². The Hall–Kier alpha value is -1.96. The Kier molecular flexibility index (Phi) is 4.80. The summed E-state index contributed by atoms with van der Waals surface area (Å²) in [5.74, 6) is -0.224. The molecule has 0 aromatic carbocycles. The topological polar surface area (TPSA) is 88.1 Å². The molecule has 0 saturated heterocycles. The summed E-state index contributed by atoms with van der Waals surface area (Å²) >= 11 is 0.951. The van der Waals surface area contributed by atoms with Gasteiger partial charge < -0.3 is 9.88 Å². The van der Waals surface area contributed by atoms with Crippen LogP contribution in [0.25, 0.3) is 11.0 Å². The summed E-state index contributed by atoms with van der Waals surface area (Å²) in [5.41, 5.74) is -0.589. The van der Waals surface area contributed by atoms with Crippen molar-refractivity contribution in [2.24, 2.45) is 0 Å². The normalized spacial score (nSPS) is 11.3. The molecule has 22 heavy (non-hydrogen) atoms. The first-order valence-electron chi connectivity index (χ1n) is 7.28. The second-order valence-electron chi connectivity index (χ2n) is 5.51. The van der Waals surface area contributed by atoms with Crippen LogP contribution >= 0.6 is 11.5 Å². The van der Waals surface area contributed by atoms with E-state index in [9.17, 15) is 14.4 Å². The van der Waals surface area contributed by atoms with Crippen LogP contribution in [0.5, 0.6) is 0 Å². The molecule has 2 aromatic rings. The maximum Gasteiger partial charge on any atom is 0.329 e. The van der Waals surface area contributed by atoms with Crippen molar-refractivity contribution in [3.8, 4) is 0 Å². The van der Waals surface area contributed by atoms with E-state index in [0.717, 1.165) is 28.9 Å². The van der Waals surface area contributed by atoms with E-state index >= 15 is 0 Å². The minimum atomic E-state index is -0.516. The summed E-state index contributed by atoms with van der Waals surface area (Å²) in [4.78, 5) is 41.4. The molecule has 0 unspecified atom stereocenters. The molecular weight excluding hydrogens is 304 g/mol. The number of unbranched alkanes of at least 4 members (excludes halogenated alkanes) is 1. The first kappa shape index (κ1) is 16.4. The Balaban J connectivity index is 2.53. The minimum absolute atomic E-state index is 0.144. The molecule has 0 atom stereocenters. The number of carbonyl (C=O) groups is 1. The molecule has 8 heteroatoms. The molecule has 7 nitrogen and oxygen atoms in total. The van der Waals surface area contributed by atoms with E-state index in [0.29, 0.717) is 11.4 Å². The van der Waals surface area contributed by atoms with Gasteiger partial charge in [-0.25, -0.2) is 4.79 Å². The summed E-state index contributed by atoms with van der Waals surface area (Å²) in [6.07, 6.45) is 1.88. The largest absolute Gasteiger partial charge is 0.341 e. The van der Waals surface area contributed by atoms with E-state index in [2.05, 4.69) is 9.36 Å². The molecule has 1 N–H and O–H groups in total. The van der Waals surface area contributed by atoms with Gasteiger partial charge in [0.05, 0.1) is 5.52 Å². The van der Waals surface area contributed by atoms with Crippen LogP contribution in [0.3, 0.4) is 0 Å². The van der Waals surface area contributed by atoms with Gasteiger partial charge in [0.1, 0.15) is 4.88 Å². The van der Waals surface area contributed by atoms with Gasteiger partial charge in [0.25, 0.3) is 11.5 Å². The fourth-order valence-electron chi connectivity index (χ4n) is 2.21. The SMILES string of the molecule is CCCCN(C)C(=O)c1snc2c(=O)n(C(C)C)c(=O)[nH]c12. The van der Waals surface area contributed by atoms with Crippen molar-refractivity contribution < 1.29 is 4.79 Å². The fraction of sp³-hybridized carbons (Fsp3) is 0.571. The summed E-state index contributed by atoms with van der Waals surface area (Å²) < 4.78 is 5.19. The van der Waals surface area contributed by atoms with Crippen LogP contribution in [0.15, 0.2) is 9.59 Å². The van der Waals surface area contributed by atoms with Crippen LogP contribution in [0.4, 0.5) is 0 Å². The van der Waals surface area contributed by atoms with Gasteiger partial charge in [0, 0.05) is 19.6 Å². The number of carbonyl (C=O) groups excluding carboxylic acids is 1. The molecule has 0 aliphatic carbocycles. The molecule has 0 fully saturated rings. The molecule has 0 saturated carbocycles. The van der Waals surface area contributed by atoms with E-state index < -0.39 is 11.2 Å². The number of fused-ring (bicyclic) bond motifs is 1. The predicted octanol–water partition coefficient (Wildman–Crippen LogP) is 1.60. The van der Waals surface area contributed by atoms with Gasteiger partial charge in [0.15, 0.2) is 5.52 Å². The number of aromatic amines is 1.